The first-order chi connectivity index (χ1) is 8.68. The maximum absolute atomic E-state index is 2.35. The van der Waals surface area contributed by atoms with Gasteiger partial charge in [0.1, 0.15) is 0 Å². The van der Waals surface area contributed by atoms with Crippen LogP contribution in [0.25, 0.3) is 0 Å². The third-order valence-electron chi connectivity index (χ3n) is 3.19. The third-order valence-corrected chi connectivity index (χ3v) is 3.19. The molecule has 0 saturated heterocycles. The molecular weight excluding hydrogens is 228 g/mol. The molecule has 1 aromatic carbocycles. The van der Waals surface area contributed by atoms with Crippen molar-refractivity contribution in [3.05, 3.63) is 58.2 Å². The Labute approximate surface area is 119 Å². The fraction of sp³-hybridized carbons (Fsp3) is 0.474. The highest BCUT2D eigenvalue weighted by molar-refractivity contribution is 5.29. The average molecular weight is 256 g/mol. The highest BCUT2D eigenvalue weighted by atomic mass is 14.2. The minimum atomic E-state index is 0.392. The number of rotatable bonds is 0. The molecule has 0 atom stereocenters. The van der Waals surface area contributed by atoms with Gasteiger partial charge in [0, 0.05) is 0 Å². The summed E-state index contributed by atoms with van der Waals surface area (Å²) in [5.74, 6) is 0. The topological polar surface area (TPSA) is 0 Å². The van der Waals surface area contributed by atoms with Gasteiger partial charge < -0.3 is 0 Å². The van der Waals surface area contributed by atoms with Crippen molar-refractivity contribution in [1.29, 1.82) is 0 Å². The van der Waals surface area contributed by atoms with Gasteiger partial charge in [0.05, 0.1) is 0 Å². The first kappa shape index (κ1) is 15.8. The molecule has 0 saturated carbocycles. The molecule has 0 amide bonds. The minimum Gasteiger partial charge on any atom is -0.0756 e. The molecule has 0 aliphatic heterocycles. The Hall–Kier alpha value is -1.30. The van der Waals surface area contributed by atoms with E-state index in [1.807, 2.05) is 0 Å². The number of allylic oxidation sites excluding steroid dienone is 4. The third kappa shape index (κ3) is 5.92. The Morgan fingerprint density at radius 3 is 1.53 bits per heavy atom. The number of benzene rings is 1. The summed E-state index contributed by atoms with van der Waals surface area (Å²) in [6.07, 6.45) is 5.83. The Kier molecular flexibility index (Phi) is 5.17. The highest BCUT2D eigenvalue weighted by Gasteiger charge is 2.18. The van der Waals surface area contributed by atoms with Gasteiger partial charge >= 0.3 is 0 Å². The molecule has 1 aliphatic carbocycles. The van der Waals surface area contributed by atoms with Gasteiger partial charge in [-0.1, -0.05) is 72.0 Å². The molecule has 2 rings (SSSR count). The van der Waals surface area contributed by atoms with E-state index in [9.17, 15) is 0 Å². The van der Waals surface area contributed by atoms with Crippen LogP contribution in [0.5, 0.6) is 0 Å². The zero-order valence-corrected chi connectivity index (χ0v) is 13.6. The van der Waals surface area contributed by atoms with Gasteiger partial charge in [0.15, 0.2) is 0 Å². The SMILES string of the molecule is CC1=CC(C)(C)CC(C)=C1.Cc1cc(C)cc(C)c1. The molecule has 1 aromatic rings. The van der Waals surface area contributed by atoms with Gasteiger partial charge in [0.25, 0.3) is 0 Å². The van der Waals surface area contributed by atoms with Crippen LogP contribution >= 0.6 is 0 Å². The maximum Gasteiger partial charge on any atom is -0.0132 e. The molecular formula is C19H28. The van der Waals surface area contributed by atoms with Crippen LogP contribution in [-0.4, -0.2) is 0 Å². The minimum absolute atomic E-state index is 0.392. The van der Waals surface area contributed by atoms with Gasteiger partial charge in [-0.05, 0) is 46.5 Å². The molecule has 0 aromatic heterocycles. The van der Waals surface area contributed by atoms with Crippen molar-refractivity contribution in [3.8, 4) is 0 Å². The Morgan fingerprint density at radius 2 is 1.21 bits per heavy atom. The largest absolute Gasteiger partial charge is 0.0756 e. The summed E-state index contributed by atoms with van der Waals surface area (Å²) in [5, 5.41) is 0. The lowest BCUT2D eigenvalue weighted by Crippen LogP contribution is -2.11. The zero-order chi connectivity index (χ0) is 14.6. The van der Waals surface area contributed by atoms with Crippen molar-refractivity contribution < 1.29 is 0 Å². The van der Waals surface area contributed by atoms with Crippen LogP contribution < -0.4 is 0 Å². The zero-order valence-electron chi connectivity index (χ0n) is 13.6. The van der Waals surface area contributed by atoms with Crippen LogP contribution in [-0.2, 0) is 0 Å². The van der Waals surface area contributed by atoms with E-state index in [0.29, 0.717) is 5.41 Å². The molecule has 0 radical (unpaired) electrons. The number of hydrogen-bond donors (Lipinski definition) is 0. The van der Waals surface area contributed by atoms with Gasteiger partial charge in [0.2, 0.25) is 0 Å². The second-order valence-electron chi connectivity index (χ2n) is 6.71. The lowest BCUT2D eigenvalue weighted by atomic mass is 9.80. The lowest BCUT2D eigenvalue weighted by Gasteiger charge is -2.25. The van der Waals surface area contributed by atoms with E-state index in [1.54, 1.807) is 0 Å². The number of hydrogen-bond acceptors (Lipinski definition) is 0. The molecule has 0 unspecified atom stereocenters. The molecule has 0 N–H and O–H groups in total. The van der Waals surface area contributed by atoms with Gasteiger partial charge in [-0.3, -0.25) is 0 Å². The molecule has 0 fully saturated rings. The van der Waals surface area contributed by atoms with Crippen LogP contribution in [0, 0.1) is 26.2 Å². The highest BCUT2D eigenvalue weighted by Crippen LogP contribution is 2.32. The standard InChI is InChI=1S/C10H16.C9H12/c1-8-5-9(2)7-10(3,4)6-8;1-7-4-8(2)6-9(3)5-7/h5-6H,7H2,1-4H3;4-6H,1-3H3. The van der Waals surface area contributed by atoms with Crippen molar-refractivity contribution in [1.82, 2.24) is 0 Å². The summed E-state index contributed by atoms with van der Waals surface area (Å²) >= 11 is 0. The van der Waals surface area contributed by atoms with E-state index in [1.165, 1.54) is 34.3 Å². The van der Waals surface area contributed by atoms with Gasteiger partial charge in [-0.15, -0.1) is 0 Å². The lowest BCUT2D eigenvalue weighted by molar-refractivity contribution is 0.466. The normalized spacial score (nSPS) is 17.0. The van der Waals surface area contributed by atoms with Crippen LogP contribution in [0.15, 0.2) is 41.5 Å². The molecule has 104 valence electrons. The van der Waals surface area contributed by atoms with E-state index in [4.69, 9.17) is 0 Å². The molecule has 0 bridgehead atoms. The molecule has 1 aliphatic rings. The van der Waals surface area contributed by atoms with Crippen LogP contribution in [0.4, 0.5) is 0 Å². The Balaban J connectivity index is 0.000000191. The predicted octanol–water partition coefficient (Wildman–Crippen LogP) is 5.92. The second-order valence-corrected chi connectivity index (χ2v) is 6.71. The predicted molar refractivity (Wildman–Crippen MR) is 86.6 cm³/mol. The van der Waals surface area contributed by atoms with Crippen LogP contribution in [0.1, 0.15) is 50.8 Å². The van der Waals surface area contributed by atoms with Crippen LogP contribution in [0.3, 0.4) is 0 Å². The van der Waals surface area contributed by atoms with E-state index in [0.717, 1.165) is 0 Å². The van der Waals surface area contributed by atoms with Crippen molar-refractivity contribution in [2.75, 3.05) is 0 Å². The van der Waals surface area contributed by atoms with Gasteiger partial charge in [-0.25, -0.2) is 0 Å². The monoisotopic (exact) mass is 256 g/mol. The first-order valence-corrected chi connectivity index (χ1v) is 7.09. The first-order valence-electron chi connectivity index (χ1n) is 7.09. The molecule has 0 heterocycles. The summed E-state index contributed by atoms with van der Waals surface area (Å²) in [5.41, 5.74) is 7.37. The summed E-state index contributed by atoms with van der Waals surface area (Å²) in [6.45, 7) is 15.3. The number of aryl methyl sites for hydroxylation is 3. The molecule has 0 nitrogen and oxygen atoms in total. The Morgan fingerprint density at radius 1 is 0.789 bits per heavy atom. The average Bonchev–Trinajstić information content (AvgIpc) is 2.10. The summed E-state index contributed by atoms with van der Waals surface area (Å²) in [4.78, 5) is 0. The van der Waals surface area contributed by atoms with Crippen molar-refractivity contribution in [3.63, 3.8) is 0 Å². The summed E-state index contributed by atoms with van der Waals surface area (Å²) in [6, 6.07) is 6.56. The van der Waals surface area contributed by atoms with Crippen molar-refractivity contribution in [2.45, 2.75) is 54.9 Å². The van der Waals surface area contributed by atoms with E-state index in [2.05, 4.69) is 78.8 Å². The van der Waals surface area contributed by atoms with Crippen LogP contribution in [0.2, 0.25) is 0 Å². The molecule has 0 spiro atoms. The Bertz CT molecular complexity index is 448. The van der Waals surface area contributed by atoms with Gasteiger partial charge in [-0.2, -0.15) is 0 Å². The van der Waals surface area contributed by atoms with Crippen molar-refractivity contribution in [2.24, 2.45) is 5.41 Å². The van der Waals surface area contributed by atoms with Crippen molar-refractivity contribution >= 4 is 0 Å². The molecule has 19 heavy (non-hydrogen) atoms. The second kappa shape index (κ2) is 6.23. The summed E-state index contributed by atoms with van der Waals surface area (Å²) in [7, 11) is 0. The molecule has 0 heteroatoms. The van der Waals surface area contributed by atoms with E-state index < -0.39 is 0 Å². The van der Waals surface area contributed by atoms with E-state index in [-0.39, 0.29) is 0 Å². The maximum atomic E-state index is 2.35. The van der Waals surface area contributed by atoms with E-state index >= 15 is 0 Å². The smallest absolute Gasteiger partial charge is 0.0132 e. The quantitative estimate of drug-likeness (QED) is 0.540. The fourth-order valence-electron chi connectivity index (χ4n) is 3.07. The summed E-state index contributed by atoms with van der Waals surface area (Å²) < 4.78 is 0. The fourth-order valence-corrected chi connectivity index (χ4v) is 3.07.